The molecule has 1 saturated heterocycles. The highest BCUT2D eigenvalue weighted by atomic mass is 19.1. The van der Waals surface area contributed by atoms with Crippen LogP contribution < -0.4 is 10.6 Å². The lowest BCUT2D eigenvalue weighted by Gasteiger charge is -2.38. The maximum absolute atomic E-state index is 13.9. The second-order valence-corrected chi connectivity index (χ2v) is 11.0. The highest BCUT2D eigenvalue weighted by Crippen LogP contribution is 2.30. The molecule has 1 saturated carbocycles. The number of nitrogens with one attached hydrogen (secondary N) is 2. The molecule has 7 nitrogen and oxygen atoms in total. The molecular weight excluding hydrogens is 504 g/mol. The number of carbonyl (C=O) groups excluding carboxylic acids is 1. The molecule has 4 rings (SSSR count). The van der Waals surface area contributed by atoms with Gasteiger partial charge in [-0.2, -0.15) is 0 Å². The fourth-order valence-electron chi connectivity index (χ4n) is 5.95. The van der Waals surface area contributed by atoms with Gasteiger partial charge in [0.25, 0.3) is 0 Å². The van der Waals surface area contributed by atoms with E-state index in [1.165, 1.54) is 17.7 Å². The van der Waals surface area contributed by atoms with Gasteiger partial charge in [-0.05, 0) is 60.9 Å². The average Bonchev–Trinajstić information content (AvgIpc) is 3.29. The van der Waals surface area contributed by atoms with Crippen molar-refractivity contribution in [2.75, 3.05) is 13.1 Å². The largest absolute Gasteiger partial charge is 0.392 e. The monoisotopic (exact) mass is 545 g/mol. The standard InChI is InChI=1S/C30H41F2N3O4/c1-2-19-6-5-7-20(10-19)16-33-17-29(38)25(13-21-11-22(31)14-23(32)12-21)34-30(39)27-15-24(36)18-35(27)26-8-3-4-9-28(26)37/h5-7,10-12,14,24-29,33,36-38H,2-4,8-9,13,15-18H2,1H3,(H,34,39)/t24?,25-,26+,27?,28+,29-/m0/s1. The number of β-amino-alcohol motifs (C(OH)–C–C–N with tert-alkyl or cyclic N) is 1. The second-order valence-electron chi connectivity index (χ2n) is 11.0. The number of aliphatic hydroxyl groups excluding tert-OH is 3. The van der Waals surface area contributed by atoms with Gasteiger partial charge in [0.2, 0.25) is 5.91 Å². The number of aryl methyl sites for hydroxylation is 1. The summed E-state index contributed by atoms with van der Waals surface area (Å²) in [6.45, 7) is 3.04. The number of hydrogen-bond acceptors (Lipinski definition) is 6. The van der Waals surface area contributed by atoms with Gasteiger partial charge in [0.15, 0.2) is 0 Å². The molecule has 2 aromatic carbocycles. The Morgan fingerprint density at radius 3 is 2.49 bits per heavy atom. The number of amides is 1. The summed E-state index contributed by atoms with van der Waals surface area (Å²) in [6.07, 6.45) is 2.13. The van der Waals surface area contributed by atoms with Crippen LogP contribution in [0.5, 0.6) is 0 Å². The Hall–Kier alpha value is -2.43. The number of benzene rings is 2. The third-order valence-electron chi connectivity index (χ3n) is 7.99. The predicted molar refractivity (Wildman–Crippen MR) is 145 cm³/mol. The van der Waals surface area contributed by atoms with E-state index in [4.69, 9.17) is 0 Å². The summed E-state index contributed by atoms with van der Waals surface area (Å²) < 4.78 is 27.8. The van der Waals surface area contributed by atoms with E-state index < -0.39 is 42.0 Å². The molecule has 2 aromatic rings. The van der Waals surface area contributed by atoms with E-state index in [-0.39, 0.29) is 31.3 Å². The normalized spacial score (nSPS) is 25.4. The molecule has 5 N–H and O–H groups in total. The Balaban J connectivity index is 1.46. The number of aliphatic hydroxyl groups is 3. The summed E-state index contributed by atoms with van der Waals surface area (Å²) in [7, 11) is 0. The Morgan fingerprint density at radius 2 is 1.77 bits per heavy atom. The van der Waals surface area contributed by atoms with Crippen LogP contribution in [0.2, 0.25) is 0 Å². The van der Waals surface area contributed by atoms with E-state index in [1.54, 1.807) is 0 Å². The topological polar surface area (TPSA) is 105 Å². The van der Waals surface area contributed by atoms with Gasteiger partial charge < -0.3 is 26.0 Å². The van der Waals surface area contributed by atoms with E-state index >= 15 is 0 Å². The molecular formula is C30H41F2N3O4. The number of hydrogen-bond donors (Lipinski definition) is 5. The summed E-state index contributed by atoms with van der Waals surface area (Å²) in [4.78, 5) is 15.4. The van der Waals surface area contributed by atoms with Crippen LogP contribution in [-0.2, 0) is 24.2 Å². The quantitative estimate of drug-likeness (QED) is 0.297. The minimum absolute atomic E-state index is 0.0237. The van der Waals surface area contributed by atoms with Gasteiger partial charge in [-0.1, -0.05) is 44.0 Å². The van der Waals surface area contributed by atoms with Crippen LogP contribution in [0.3, 0.4) is 0 Å². The highest BCUT2D eigenvalue weighted by Gasteiger charge is 2.43. The molecule has 2 aliphatic rings. The molecule has 214 valence electrons. The lowest BCUT2D eigenvalue weighted by molar-refractivity contribution is -0.129. The Bertz CT molecular complexity index is 1080. The molecule has 0 radical (unpaired) electrons. The number of carbonyl (C=O) groups is 1. The Morgan fingerprint density at radius 1 is 1.05 bits per heavy atom. The Kier molecular flexibility index (Phi) is 10.4. The summed E-state index contributed by atoms with van der Waals surface area (Å²) >= 11 is 0. The second kappa shape index (κ2) is 13.8. The predicted octanol–water partition coefficient (Wildman–Crippen LogP) is 2.44. The van der Waals surface area contributed by atoms with Crippen LogP contribution in [0, 0.1) is 11.6 Å². The number of halogens is 2. The molecule has 1 aliphatic heterocycles. The van der Waals surface area contributed by atoms with E-state index in [0.29, 0.717) is 25.1 Å². The minimum Gasteiger partial charge on any atom is -0.392 e. The average molecular weight is 546 g/mol. The van der Waals surface area contributed by atoms with Gasteiger partial charge in [0.1, 0.15) is 11.6 Å². The molecule has 2 fully saturated rings. The summed E-state index contributed by atoms with van der Waals surface area (Å²) in [5, 5.41) is 38.2. The molecule has 39 heavy (non-hydrogen) atoms. The number of nitrogens with zero attached hydrogens (tertiary/aromatic N) is 1. The van der Waals surface area contributed by atoms with Crippen molar-refractivity contribution in [1.29, 1.82) is 0 Å². The van der Waals surface area contributed by atoms with Crippen LogP contribution >= 0.6 is 0 Å². The first kappa shape index (κ1) is 29.6. The van der Waals surface area contributed by atoms with E-state index in [1.807, 2.05) is 17.0 Å². The third kappa shape index (κ3) is 8.05. The maximum Gasteiger partial charge on any atom is 0.237 e. The molecule has 0 aromatic heterocycles. The summed E-state index contributed by atoms with van der Waals surface area (Å²) in [5.41, 5.74) is 2.59. The van der Waals surface area contributed by atoms with Crippen molar-refractivity contribution < 1.29 is 28.9 Å². The van der Waals surface area contributed by atoms with Gasteiger partial charge in [-0.25, -0.2) is 8.78 Å². The third-order valence-corrected chi connectivity index (χ3v) is 7.99. The lowest BCUT2D eigenvalue weighted by Crippen LogP contribution is -2.56. The van der Waals surface area contributed by atoms with Gasteiger partial charge >= 0.3 is 0 Å². The zero-order valence-electron chi connectivity index (χ0n) is 22.5. The fourth-order valence-corrected chi connectivity index (χ4v) is 5.95. The van der Waals surface area contributed by atoms with Crippen molar-refractivity contribution >= 4 is 5.91 Å². The zero-order chi connectivity index (χ0) is 27.9. The Labute approximate surface area is 229 Å². The molecule has 0 bridgehead atoms. The minimum atomic E-state index is -1.05. The number of likely N-dealkylation sites (tertiary alicyclic amines) is 1. The van der Waals surface area contributed by atoms with Crippen molar-refractivity contribution in [1.82, 2.24) is 15.5 Å². The maximum atomic E-state index is 13.9. The zero-order valence-corrected chi connectivity index (χ0v) is 22.5. The molecule has 0 spiro atoms. The van der Waals surface area contributed by atoms with Crippen LogP contribution in [0.1, 0.15) is 55.7 Å². The van der Waals surface area contributed by atoms with E-state index in [2.05, 4.69) is 29.7 Å². The first-order valence-corrected chi connectivity index (χ1v) is 14.1. The first-order valence-electron chi connectivity index (χ1n) is 14.1. The fraction of sp³-hybridized carbons (Fsp3) is 0.567. The van der Waals surface area contributed by atoms with Crippen molar-refractivity contribution in [2.45, 2.75) is 94.9 Å². The highest BCUT2D eigenvalue weighted by molar-refractivity contribution is 5.82. The van der Waals surface area contributed by atoms with Crippen molar-refractivity contribution in [3.63, 3.8) is 0 Å². The molecule has 2 unspecified atom stereocenters. The molecule has 1 amide bonds. The SMILES string of the molecule is CCc1cccc(CNC[C@H](O)[C@H](Cc2cc(F)cc(F)c2)NC(=O)C2CC(O)CN2[C@@H]2CCCC[C@H]2O)c1. The van der Waals surface area contributed by atoms with Gasteiger partial charge in [0, 0.05) is 31.7 Å². The molecule has 6 atom stereocenters. The first-order chi connectivity index (χ1) is 18.7. The summed E-state index contributed by atoms with van der Waals surface area (Å²) in [5.74, 6) is -1.83. The summed E-state index contributed by atoms with van der Waals surface area (Å²) in [6, 6.07) is 9.59. The van der Waals surface area contributed by atoms with Crippen LogP contribution in [-0.4, -0.2) is 75.7 Å². The van der Waals surface area contributed by atoms with Gasteiger partial charge in [-0.15, -0.1) is 0 Å². The van der Waals surface area contributed by atoms with Crippen LogP contribution in [0.4, 0.5) is 8.78 Å². The van der Waals surface area contributed by atoms with Crippen molar-refractivity contribution in [3.05, 3.63) is 70.8 Å². The van der Waals surface area contributed by atoms with Gasteiger partial charge in [0.05, 0.1) is 30.4 Å². The van der Waals surface area contributed by atoms with Crippen LogP contribution in [0.15, 0.2) is 42.5 Å². The number of rotatable bonds is 11. The molecule has 1 heterocycles. The van der Waals surface area contributed by atoms with Crippen LogP contribution in [0.25, 0.3) is 0 Å². The lowest BCUT2D eigenvalue weighted by atomic mass is 9.91. The van der Waals surface area contributed by atoms with Crippen molar-refractivity contribution in [3.8, 4) is 0 Å². The van der Waals surface area contributed by atoms with Gasteiger partial charge in [-0.3, -0.25) is 9.69 Å². The van der Waals surface area contributed by atoms with E-state index in [0.717, 1.165) is 37.3 Å². The van der Waals surface area contributed by atoms with E-state index in [9.17, 15) is 28.9 Å². The van der Waals surface area contributed by atoms with Crippen molar-refractivity contribution in [2.24, 2.45) is 0 Å². The molecule has 1 aliphatic carbocycles. The smallest absolute Gasteiger partial charge is 0.237 e. The molecule has 9 heteroatoms.